The van der Waals surface area contributed by atoms with Crippen LogP contribution in [0.1, 0.15) is 12.8 Å². The van der Waals surface area contributed by atoms with E-state index in [1.54, 1.807) is 12.1 Å². The number of sulfone groups is 1. The number of hydrogen-bond acceptors (Lipinski definition) is 5. The summed E-state index contributed by atoms with van der Waals surface area (Å²) in [5.41, 5.74) is -0.423. The molecule has 0 saturated carbocycles. The molecule has 118 valence electrons. The normalized spacial score (nSPS) is 18.6. The zero-order valence-corrected chi connectivity index (χ0v) is 13.3. The summed E-state index contributed by atoms with van der Waals surface area (Å²) < 4.78 is 29.7. The Morgan fingerprint density at radius 1 is 1.24 bits per heavy atom. The van der Waals surface area contributed by atoms with Crippen molar-refractivity contribution in [1.29, 1.82) is 0 Å². The van der Waals surface area contributed by atoms with Gasteiger partial charge in [0.2, 0.25) is 0 Å². The van der Waals surface area contributed by atoms with Crippen molar-refractivity contribution in [2.75, 3.05) is 32.1 Å². The van der Waals surface area contributed by atoms with Crippen LogP contribution in [0.15, 0.2) is 29.2 Å². The number of aliphatic hydroxyl groups is 1. The lowest BCUT2D eigenvalue weighted by molar-refractivity contribution is 0.0130. The van der Waals surface area contributed by atoms with Gasteiger partial charge in [-0.15, -0.1) is 0 Å². The number of halogens is 1. The van der Waals surface area contributed by atoms with Crippen molar-refractivity contribution >= 4 is 21.4 Å². The first-order valence-electron chi connectivity index (χ1n) is 6.89. The molecule has 2 rings (SSSR count). The number of ether oxygens (including phenoxy) is 1. The molecule has 7 heteroatoms. The maximum absolute atomic E-state index is 12.2. The van der Waals surface area contributed by atoms with Gasteiger partial charge in [0.15, 0.2) is 9.84 Å². The van der Waals surface area contributed by atoms with Gasteiger partial charge in [-0.05, 0) is 37.1 Å². The molecular weight excluding hydrogens is 314 g/mol. The average molecular weight is 334 g/mol. The van der Waals surface area contributed by atoms with Crippen molar-refractivity contribution in [3.05, 3.63) is 29.3 Å². The van der Waals surface area contributed by atoms with Crippen LogP contribution >= 0.6 is 11.6 Å². The highest BCUT2D eigenvalue weighted by molar-refractivity contribution is 7.91. The summed E-state index contributed by atoms with van der Waals surface area (Å²) in [5, 5.41) is 13.2. The van der Waals surface area contributed by atoms with Gasteiger partial charge in [0.25, 0.3) is 0 Å². The molecule has 0 unspecified atom stereocenters. The Morgan fingerprint density at radius 3 is 2.43 bits per heavy atom. The molecule has 5 nitrogen and oxygen atoms in total. The molecule has 2 N–H and O–H groups in total. The summed E-state index contributed by atoms with van der Waals surface area (Å²) in [6.45, 7) is 1.44. The predicted molar refractivity (Wildman–Crippen MR) is 81.4 cm³/mol. The quantitative estimate of drug-likeness (QED) is 0.819. The lowest BCUT2D eigenvalue weighted by atomic mass is 9.91. The molecule has 0 spiro atoms. The smallest absolute Gasteiger partial charge is 0.179 e. The highest BCUT2D eigenvalue weighted by atomic mass is 35.5. The first-order valence-corrected chi connectivity index (χ1v) is 8.92. The molecule has 0 bridgehead atoms. The standard InChI is InChI=1S/C14H20ClNO4S/c15-12-1-3-13(4-2-12)21(18,19)10-7-16-14(11-17)5-8-20-9-6-14/h1-4,16-17H,5-11H2. The second kappa shape index (κ2) is 7.07. The fourth-order valence-corrected chi connectivity index (χ4v) is 3.65. The lowest BCUT2D eigenvalue weighted by Crippen LogP contribution is -2.53. The van der Waals surface area contributed by atoms with Gasteiger partial charge in [-0.2, -0.15) is 0 Å². The Morgan fingerprint density at radius 2 is 1.86 bits per heavy atom. The van der Waals surface area contributed by atoms with E-state index in [4.69, 9.17) is 16.3 Å². The summed E-state index contributed by atoms with van der Waals surface area (Å²) in [4.78, 5) is 0.263. The molecule has 0 aromatic heterocycles. The van der Waals surface area contributed by atoms with E-state index in [1.807, 2.05) is 0 Å². The summed E-state index contributed by atoms with van der Waals surface area (Å²) in [6, 6.07) is 6.15. The van der Waals surface area contributed by atoms with E-state index in [-0.39, 0.29) is 17.3 Å². The van der Waals surface area contributed by atoms with Crippen LogP contribution in [-0.4, -0.2) is 51.2 Å². The first-order chi connectivity index (χ1) is 9.97. The van der Waals surface area contributed by atoms with Crippen molar-refractivity contribution in [2.24, 2.45) is 0 Å². The van der Waals surface area contributed by atoms with Crippen LogP contribution in [0.25, 0.3) is 0 Å². The third kappa shape index (κ3) is 4.40. The van der Waals surface area contributed by atoms with Gasteiger partial charge in [-0.3, -0.25) is 0 Å². The zero-order valence-electron chi connectivity index (χ0n) is 11.7. The summed E-state index contributed by atoms with van der Waals surface area (Å²) in [7, 11) is -3.35. The molecular formula is C14H20ClNO4S. The van der Waals surface area contributed by atoms with Crippen LogP contribution in [0.5, 0.6) is 0 Å². The minimum atomic E-state index is -3.35. The topological polar surface area (TPSA) is 75.6 Å². The van der Waals surface area contributed by atoms with Crippen LogP contribution < -0.4 is 5.32 Å². The van der Waals surface area contributed by atoms with Crippen LogP contribution in [0.4, 0.5) is 0 Å². The Labute approximate surface area is 130 Å². The molecule has 1 saturated heterocycles. The van der Waals surface area contributed by atoms with Crippen molar-refractivity contribution in [3.63, 3.8) is 0 Å². The summed E-state index contributed by atoms with van der Waals surface area (Å²) in [5.74, 6) is -0.0166. The van der Waals surface area contributed by atoms with Gasteiger partial charge >= 0.3 is 0 Å². The van der Waals surface area contributed by atoms with E-state index in [2.05, 4.69) is 5.32 Å². The Balaban J connectivity index is 1.94. The highest BCUT2D eigenvalue weighted by Crippen LogP contribution is 2.20. The summed E-state index contributed by atoms with van der Waals surface area (Å²) >= 11 is 5.76. The number of nitrogens with one attached hydrogen (secondary N) is 1. The fraction of sp³-hybridized carbons (Fsp3) is 0.571. The molecule has 21 heavy (non-hydrogen) atoms. The van der Waals surface area contributed by atoms with Gasteiger partial charge in [-0.1, -0.05) is 11.6 Å². The number of aliphatic hydroxyl groups excluding tert-OH is 1. The number of hydrogen-bond donors (Lipinski definition) is 2. The van der Waals surface area contributed by atoms with E-state index in [0.717, 1.165) is 0 Å². The Kier molecular flexibility index (Phi) is 5.62. The van der Waals surface area contributed by atoms with Crippen LogP contribution in [-0.2, 0) is 14.6 Å². The molecule has 1 aromatic carbocycles. The molecule has 0 amide bonds. The van der Waals surface area contributed by atoms with Crippen LogP contribution in [0.2, 0.25) is 5.02 Å². The summed E-state index contributed by atoms with van der Waals surface area (Å²) in [6.07, 6.45) is 1.37. The maximum Gasteiger partial charge on any atom is 0.179 e. The van der Waals surface area contributed by atoms with Gasteiger partial charge in [0.05, 0.1) is 17.3 Å². The zero-order chi connectivity index (χ0) is 15.3. The Hall–Kier alpha value is -0.660. The van der Waals surface area contributed by atoms with Gasteiger partial charge in [0, 0.05) is 30.3 Å². The van der Waals surface area contributed by atoms with Crippen molar-refractivity contribution in [1.82, 2.24) is 5.32 Å². The lowest BCUT2D eigenvalue weighted by Gasteiger charge is -2.36. The highest BCUT2D eigenvalue weighted by Gasteiger charge is 2.31. The molecule has 1 fully saturated rings. The van der Waals surface area contributed by atoms with E-state index in [0.29, 0.717) is 37.6 Å². The molecule has 0 radical (unpaired) electrons. The number of rotatable bonds is 6. The third-order valence-electron chi connectivity index (χ3n) is 3.80. The van der Waals surface area contributed by atoms with Gasteiger partial charge in [-0.25, -0.2) is 8.42 Å². The van der Waals surface area contributed by atoms with E-state index >= 15 is 0 Å². The minimum Gasteiger partial charge on any atom is -0.394 e. The molecule has 0 aliphatic carbocycles. The van der Waals surface area contributed by atoms with Gasteiger partial charge in [0.1, 0.15) is 0 Å². The van der Waals surface area contributed by atoms with Gasteiger partial charge < -0.3 is 15.2 Å². The number of benzene rings is 1. The van der Waals surface area contributed by atoms with Crippen LogP contribution in [0.3, 0.4) is 0 Å². The molecule has 1 aliphatic rings. The first kappa shape index (κ1) is 16.7. The van der Waals surface area contributed by atoms with E-state index in [1.165, 1.54) is 12.1 Å². The SMILES string of the molecule is O=S(=O)(CCNC1(CO)CCOCC1)c1ccc(Cl)cc1. The average Bonchev–Trinajstić information content (AvgIpc) is 2.48. The predicted octanol–water partition coefficient (Wildman–Crippen LogP) is 1.24. The second-order valence-corrected chi connectivity index (χ2v) is 7.80. The minimum absolute atomic E-state index is 0.0165. The van der Waals surface area contributed by atoms with Crippen molar-refractivity contribution < 1.29 is 18.3 Å². The molecule has 1 aromatic rings. The monoisotopic (exact) mass is 333 g/mol. The van der Waals surface area contributed by atoms with Crippen molar-refractivity contribution in [3.8, 4) is 0 Å². The maximum atomic E-state index is 12.2. The van der Waals surface area contributed by atoms with E-state index < -0.39 is 15.4 Å². The van der Waals surface area contributed by atoms with Crippen LogP contribution in [0, 0.1) is 0 Å². The largest absolute Gasteiger partial charge is 0.394 e. The van der Waals surface area contributed by atoms with E-state index in [9.17, 15) is 13.5 Å². The third-order valence-corrected chi connectivity index (χ3v) is 5.78. The van der Waals surface area contributed by atoms with Crippen molar-refractivity contribution in [2.45, 2.75) is 23.3 Å². The molecule has 0 atom stereocenters. The molecule has 1 heterocycles. The fourth-order valence-electron chi connectivity index (χ4n) is 2.36. The second-order valence-electron chi connectivity index (χ2n) is 5.25. The molecule has 1 aliphatic heterocycles. The Bertz CT molecular complexity index is 553.